The van der Waals surface area contributed by atoms with Crippen molar-refractivity contribution < 1.29 is 4.74 Å². The van der Waals surface area contributed by atoms with Gasteiger partial charge in [0.2, 0.25) is 0 Å². The monoisotopic (exact) mass is 400 g/mol. The number of piperidine rings is 1. The normalized spacial score (nSPS) is 19.0. The van der Waals surface area contributed by atoms with E-state index in [1.54, 1.807) is 18.1 Å². The summed E-state index contributed by atoms with van der Waals surface area (Å²) in [5.74, 6) is 0.861. The van der Waals surface area contributed by atoms with E-state index >= 15 is 0 Å². The Hall–Kier alpha value is -2.48. The van der Waals surface area contributed by atoms with Crippen molar-refractivity contribution in [3.05, 3.63) is 66.0 Å². The van der Waals surface area contributed by atoms with Crippen molar-refractivity contribution >= 4 is 12.4 Å². The summed E-state index contributed by atoms with van der Waals surface area (Å²) in [6, 6.07) is 17.3. The molecule has 0 bridgehead atoms. The van der Waals surface area contributed by atoms with Crippen LogP contribution < -0.4 is 15.4 Å². The number of halogens is 1. The molecule has 4 rings (SSSR count). The summed E-state index contributed by atoms with van der Waals surface area (Å²) in [5.41, 5.74) is 3.32. The van der Waals surface area contributed by atoms with Gasteiger partial charge in [-0.1, -0.05) is 30.3 Å². The summed E-state index contributed by atoms with van der Waals surface area (Å²) in [4.78, 5) is 0. The molecule has 1 aliphatic heterocycles. The first-order valence-electron chi connectivity index (χ1n) is 9.27. The highest BCUT2D eigenvalue weighted by molar-refractivity contribution is 5.85. The molecule has 0 saturated carbocycles. The Labute approximate surface area is 170 Å². The highest BCUT2D eigenvalue weighted by Crippen LogP contribution is 2.26. The first kappa shape index (κ1) is 20.3. The van der Waals surface area contributed by atoms with Gasteiger partial charge in [-0.2, -0.15) is 0 Å². The minimum absolute atomic E-state index is 0. The lowest BCUT2D eigenvalue weighted by Gasteiger charge is -2.34. The van der Waals surface area contributed by atoms with E-state index in [4.69, 9.17) is 4.74 Å². The molecule has 2 unspecified atom stereocenters. The lowest BCUT2D eigenvalue weighted by molar-refractivity contribution is 0.303. The van der Waals surface area contributed by atoms with Gasteiger partial charge in [0.1, 0.15) is 12.1 Å². The molecule has 0 aliphatic carbocycles. The Morgan fingerprint density at radius 2 is 2.07 bits per heavy atom. The molecule has 2 N–H and O–H groups in total. The average Bonchev–Trinajstić information content (AvgIpc) is 3.28. The summed E-state index contributed by atoms with van der Waals surface area (Å²) >= 11 is 0. The Morgan fingerprint density at radius 1 is 1.21 bits per heavy atom. The summed E-state index contributed by atoms with van der Waals surface area (Å²) in [7, 11) is 1.70. The van der Waals surface area contributed by atoms with Gasteiger partial charge in [-0.05, 0) is 53.6 Å². The van der Waals surface area contributed by atoms with Crippen LogP contribution in [0, 0.1) is 0 Å². The maximum absolute atomic E-state index is 5.55. The number of hydrogen-bond donors (Lipinski definition) is 2. The molecule has 1 aromatic heterocycles. The molecule has 1 saturated heterocycles. The number of benzene rings is 2. The van der Waals surface area contributed by atoms with E-state index in [0.717, 1.165) is 36.5 Å². The van der Waals surface area contributed by atoms with Crippen molar-refractivity contribution in [3.63, 3.8) is 0 Å². The van der Waals surface area contributed by atoms with Crippen LogP contribution in [-0.4, -0.2) is 39.9 Å². The van der Waals surface area contributed by atoms with E-state index in [1.807, 2.05) is 12.1 Å². The van der Waals surface area contributed by atoms with Gasteiger partial charge in [0.15, 0.2) is 0 Å². The summed E-state index contributed by atoms with van der Waals surface area (Å²) in [6.07, 6.45) is 3.90. The zero-order chi connectivity index (χ0) is 18.5. The van der Waals surface area contributed by atoms with Crippen LogP contribution in [0.5, 0.6) is 5.75 Å². The predicted molar refractivity (Wildman–Crippen MR) is 110 cm³/mol. The van der Waals surface area contributed by atoms with Crippen LogP contribution in [0.4, 0.5) is 0 Å². The van der Waals surface area contributed by atoms with Gasteiger partial charge >= 0.3 is 0 Å². The van der Waals surface area contributed by atoms with Crippen LogP contribution in [0.2, 0.25) is 0 Å². The predicted octanol–water partition coefficient (Wildman–Crippen LogP) is 2.68. The number of hydrogen-bond acceptors (Lipinski definition) is 6. The number of ether oxygens (including phenoxy) is 1. The summed E-state index contributed by atoms with van der Waals surface area (Å²) < 4.78 is 7.20. The van der Waals surface area contributed by atoms with Gasteiger partial charge in [-0.15, -0.1) is 17.5 Å². The van der Waals surface area contributed by atoms with Crippen LogP contribution in [0.15, 0.2) is 54.9 Å². The molecular weight excluding hydrogens is 376 g/mol. The second-order valence-electron chi connectivity index (χ2n) is 6.72. The summed E-state index contributed by atoms with van der Waals surface area (Å²) in [5, 5.41) is 18.8. The zero-order valence-electron chi connectivity index (χ0n) is 15.8. The fourth-order valence-electron chi connectivity index (χ4n) is 3.69. The van der Waals surface area contributed by atoms with Crippen molar-refractivity contribution in [1.29, 1.82) is 0 Å². The lowest BCUT2D eigenvalue weighted by atomic mass is 9.92. The van der Waals surface area contributed by atoms with Gasteiger partial charge in [0.25, 0.3) is 0 Å². The van der Waals surface area contributed by atoms with Crippen LogP contribution in [0.3, 0.4) is 0 Å². The molecule has 2 aromatic carbocycles. The van der Waals surface area contributed by atoms with E-state index in [2.05, 4.69) is 62.6 Å². The van der Waals surface area contributed by atoms with Crippen molar-refractivity contribution in [2.75, 3.05) is 13.7 Å². The highest BCUT2D eigenvalue weighted by atomic mass is 35.5. The standard InChI is InChI=1S/C20H24N6O.ClH/c1-27-19-10-9-17(26-14-23-24-25-26)12-16(19)13-22-18-8-5-11-21-20(18)15-6-3-2-4-7-15;/h2-4,6-7,9-10,12,14,18,20-22H,5,8,11,13H2,1H3;1H. The molecule has 1 aliphatic rings. The number of nitrogens with one attached hydrogen (secondary N) is 2. The SMILES string of the molecule is COc1ccc(-n2cnnn2)cc1CNC1CCCNC1c1ccccc1.Cl. The number of tetrazole rings is 1. The fourth-order valence-corrected chi connectivity index (χ4v) is 3.69. The highest BCUT2D eigenvalue weighted by Gasteiger charge is 2.25. The Kier molecular flexibility index (Phi) is 6.97. The van der Waals surface area contributed by atoms with Gasteiger partial charge in [-0.25, -0.2) is 4.68 Å². The molecular formula is C20H25ClN6O. The van der Waals surface area contributed by atoms with Crippen molar-refractivity contribution in [1.82, 2.24) is 30.8 Å². The second-order valence-corrected chi connectivity index (χ2v) is 6.72. The van der Waals surface area contributed by atoms with Gasteiger partial charge in [0, 0.05) is 24.2 Å². The minimum atomic E-state index is 0. The molecule has 0 radical (unpaired) electrons. The zero-order valence-corrected chi connectivity index (χ0v) is 16.6. The number of nitrogens with zero attached hydrogens (tertiary/aromatic N) is 4. The van der Waals surface area contributed by atoms with Gasteiger partial charge < -0.3 is 15.4 Å². The first-order valence-corrected chi connectivity index (χ1v) is 9.27. The van der Waals surface area contributed by atoms with Crippen molar-refractivity contribution in [3.8, 4) is 11.4 Å². The van der Waals surface area contributed by atoms with Crippen LogP contribution in [0.25, 0.3) is 5.69 Å². The first-order chi connectivity index (χ1) is 13.3. The largest absolute Gasteiger partial charge is 0.496 e. The van der Waals surface area contributed by atoms with E-state index in [0.29, 0.717) is 12.1 Å². The Bertz CT molecular complexity index is 858. The topological polar surface area (TPSA) is 76.9 Å². The Balaban J connectivity index is 0.00000225. The molecule has 0 spiro atoms. The maximum Gasteiger partial charge on any atom is 0.143 e. The van der Waals surface area contributed by atoms with Crippen LogP contribution in [0.1, 0.15) is 30.0 Å². The quantitative estimate of drug-likeness (QED) is 0.662. The second kappa shape index (κ2) is 9.64. The van der Waals surface area contributed by atoms with Gasteiger partial charge in [0.05, 0.1) is 12.8 Å². The third-order valence-electron chi connectivity index (χ3n) is 5.05. The van der Waals surface area contributed by atoms with E-state index < -0.39 is 0 Å². The molecule has 8 heteroatoms. The van der Waals surface area contributed by atoms with Crippen molar-refractivity contribution in [2.45, 2.75) is 31.5 Å². The molecule has 3 aromatic rings. The molecule has 2 heterocycles. The maximum atomic E-state index is 5.55. The molecule has 2 atom stereocenters. The van der Waals surface area contributed by atoms with Crippen molar-refractivity contribution in [2.24, 2.45) is 0 Å². The number of methoxy groups -OCH3 is 1. The van der Waals surface area contributed by atoms with Crippen LogP contribution >= 0.6 is 12.4 Å². The molecule has 7 nitrogen and oxygen atoms in total. The summed E-state index contributed by atoms with van der Waals surface area (Å²) in [6.45, 7) is 1.77. The third kappa shape index (κ3) is 4.49. The Morgan fingerprint density at radius 3 is 2.82 bits per heavy atom. The van der Waals surface area contributed by atoms with Gasteiger partial charge in [-0.3, -0.25) is 0 Å². The lowest BCUT2D eigenvalue weighted by Crippen LogP contribution is -2.45. The van der Waals surface area contributed by atoms with E-state index in [-0.39, 0.29) is 12.4 Å². The van der Waals surface area contributed by atoms with E-state index in [1.165, 1.54) is 12.0 Å². The molecule has 1 fully saturated rings. The minimum Gasteiger partial charge on any atom is -0.496 e. The third-order valence-corrected chi connectivity index (χ3v) is 5.05. The average molecular weight is 401 g/mol. The molecule has 0 amide bonds. The van der Waals surface area contributed by atoms with E-state index in [9.17, 15) is 0 Å². The molecule has 148 valence electrons. The number of rotatable bonds is 6. The molecule has 28 heavy (non-hydrogen) atoms. The smallest absolute Gasteiger partial charge is 0.143 e. The van der Waals surface area contributed by atoms with Crippen LogP contribution in [-0.2, 0) is 6.54 Å². The fraction of sp³-hybridized carbons (Fsp3) is 0.350. The number of aromatic nitrogens is 4.